The van der Waals surface area contributed by atoms with Gasteiger partial charge in [0.2, 0.25) is 12.4 Å². The van der Waals surface area contributed by atoms with Crippen molar-refractivity contribution < 1.29 is 52.7 Å². The molecule has 1 aromatic carbocycles. The minimum Gasteiger partial charge on any atom is -0.467 e. The fourth-order valence-electron chi connectivity index (χ4n) is 3.10. The van der Waals surface area contributed by atoms with Crippen molar-refractivity contribution in [1.29, 1.82) is 0 Å². The molecule has 0 aliphatic carbocycles. The highest BCUT2D eigenvalue weighted by molar-refractivity contribution is 5.77. The van der Waals surface area contributed by atoms with Crippen LogP contribution in [0.15, 0.2) is 18.2 Å². The number of methoxy groups -OCH3 is 1. The summed E-state index contributed by atoms with van der Waals surface area (Å²) in [4.78, 5) is 47.6. The number of esters is 4. The maximum absolute atomic E-state index is 12.4. The van der Waals surface area contributed by atoms with Gasteiger partial charge >= 0.3 is 23.9 Å². The second-order valence-corrected chi connectivity index (χ2v) is 6.82. The topological polar surface area (TPSA) is 170 Å². The molecule has 1 aromatic rings. The molecule has 12 heteroatoms. The Balaban J connectivity index is 2.51. The number of hydrogen-bond donors (Lipinski definition) is 2. The molecule has 0 unspecified atom stereocenters. The average molecular weight is 455 g/mol. The van der Waals surface area contributed by atoms with Gasteiger partial charge < -0.3 is 39.3 Å². The maximum Gasteiger partial charge on any atom is 0.339 e. The molecule has 1 saturated heterocycles. The van der Waals surface area contributed by atoms with Crippen LogP contribution in [-0.4, -0.2) is 66.8 Å². The van der Waals surface area contributed by atoms with Crippen LogP contribution in [0.5, 0.6) is 5.75 Å². The lowest BCUT2D eigenvalue weighted by atomic mass is 9.97. The minimum absolute atomic E-state index is 0.0699. The quantitative estimate of drug-likeness (QED) is 0.317. The first-order valence-electron chi connectivity index (χ1n) is 9.48. The van der Waals surface area contributed by atoms with Crippen LogP contribution in [0.1, 0.15) is 26.3 Å². The number of nitrogen functional groups attached to an aromatic ring is 1. The number of ether oxygens (including phenoxy) is 6. The third-order valence-corrected chi connectivity index (χ3v) is 4.33. The highest BCUT2D eigenvalue weighted by Crippen LogP contribution is 2.33. The van der Waals surface area contributed by atoms with E-state index in [0.717, 1.165) is 27.9 Å². The third kappa shape index (κ3) is 6.08. The average Bonchev–Trinajstić information content (AvgIpc) is 2.71. The molecule has 3 N–H and O–H groups in total. The summed E-state index contributed by atoms with van der Waals surface area (Å²) in [6, 6.07) is 4.40. The molecule has 1 aliphatic rings. The zero-order chi connectivity index (χ0) is 24.0. The van der Waals surface area contributed by atoms with E-state index in [-0.39, 0.29) is 18.0 Å². The van der Waals surface area contributed by atoms with E-state index in [4.69, 9.17) is 34.2 Å². The number of carbonyl (C=O) groups is 4. The Hall–Kier alpha value is -3.38. The fraction of sp³-hybridized carbons (Fsp3) is 0.500. The lowest BCUT2D eigenvalue weighted by molar-refractivity contribution is -0.282. The van der Waals surface area contributed by atoms with Gasteiger partial charge in [-0.05, 0) is 17.7 Å². The molecule has 0 aromatic heterocycles. The molecule has 0 bridgehead atoms. The van der Waals surface area contributed by atoms with Crippen LogP contribution < -0.4 is 10.5 Å². The van der Waals surface area contributed by atoms with Crippen molar-refractivity contribution in [1.82, 2.24) is 0 Å². The van der Waals surface area contributed by atoms with Crippen LogP contribution in [0.3, 0.4) is 0 Å². The number of aliphatic hydroxyl groups excluding tert-OH is 1. The van der Waals surface area contributed by atoms with Gasteiger partial charge in [-0.3, -0.25) is 14.4 Å². The molecule has 2 rings (SSSR count). The number of benzene rings is 1. The van der Waals surface area contributed by atoms with E-state index in [0.29, 0.717) is 5.56 Å². The van der Waals surface area contributed by atoms with E-state index >= 15 is 0 Å². The first kappa shape index (κ1) is 24.9. The molecule has 176 valence electrons. The Morgan fingerprint density at radius 3 is 2.03 bits per heavy atom. The van der Waals surface area contributed by atoms with Crippen LogP contribution in [0.4, 0.5) is 5.69 Å². The summed E-state index contributed by atoms with van der Waals surface area (Å²) >= 11 is 0. The van der Waals surface area contributed by atoms with Crippen molar-refractivity contribution in [2.24, 2.45) is 0 Å². The molecular weight excluding hydrogens is 430 g/mol. The van der Waals surface area contributed by atoms with E-state index < -0.39 is 54.6 Å². The van der Waals surface area contributed by atoms with E-state index in [1.54, 1.807) is 0 Å². The van der Waals surface area contributed by atoms with Gasteiger partial charge in [-0.25, -0.2) is 4.79 Å². The van der Waals surface area contributed by atoms with Gasteiger partial charge in [0.15, 0.2) is 18.3 Å². The Bertz CT molecular complexity index is 871. The molecule has 0 radical (unpaired) electrons. The Labute approximate surface area is 183 Å². The summed E-state index contributed by atoms with van der Waals surface area (Å²) in [5, 5.41) is 9.24. The monoisotopic (exact) mass is 455 g/mol. The van der Waals surface area contributed by atoms with Gasteiger partial charge in [0.05, 0.1) is 19.4 Å². The van der Waals surface area contributed by atoms with Gasteiger partial charge in [0.25, 0.3) is 0 Å². The Morgan fingerprint density at radius 2 is 1.53 bits per heavy atom. The molecule has 32 heavy (non-hydrogen) atoms. The smallest absolute Gasteiger partial charge is 0.339 e. The zero-order valence-corrected chi connectivity index (χ0v) is 17.9. The van der Waals surface area contributed by atoms with E-state index in [9.17, 15) is 24.3 Å². The lowest BCUT2D eigenvalue weighted by Gasteiger charge is -2.43. The van der Waals surface area contributed by atoms with Gasteiger partial charge in [-0.1, -0.05) is 6.07 Å². The predicted octanol–water partition coefficient (Wildman–Crippen LogP) is -0.167. The molecule has 1 fully saturated rings. The number of hydrogen-bond acceptors (Lipinski definition) is 12. The van der Waals surface area contributed by atoms with Crippen molar-refractivity contribution in [2.75, 3.05) is 12.8 Å². The number of nitrogens with two attached hydrogens (primary N) is 1. The van der Waals surface area contributed by atoms with Gasteiger partial charge in [0.1, 0.15) is 5.75 Å². The summed E-state index contributed by atoms with van der Waals surface area (Å²) < 4.78 is 31.8. The van der Waals surface area contributed by atoms with Crippen LogP contribution in [0.2, 0.25) is 0 Å². The fourth-order valence-corrected chi connectivity index (χ4v) is 3.10. The number of aliphatic hydroxyl groups is 1. The first-order chi connectivity index (χ1) is 15.1. The molecule has 1 aliphatic heterocycles. The summed E-state index contributed by atoms with van der Waals surface area (Å²) in [6.45, 7) is 2.99. The molecular formula is C20H25NO11. The summed E-state index contributed by atoms with van der Waals surface area (Å²) in [6.07, 6.45) is -7.51. The van der Waals surface area contributed by atoms with Gasteiger partial charge in [0, 0.05) is 20.8 Å². The predicted molar refractivity (Wildman–Crippen MR) is 105 cm³/mol. The molecule has 12 nitrogen and oxygen atoms in total. The highest BCUT2D eigenvalue weighted by Gasteiger charge is 2.55. The Kier molecular flexibility index (Phi) is 8.38. The van der Waals surface area contributed by atoms with Crippen LogP contribution in [-0.2, 0) is 49.5 Å². The van der Waals surface area contributed by atoms with Crippen LogP contribution in [0.25, 0.3) is 0 Å². The largest absolute Gasteiger partial charge is 0.467 e. The van der Waals surface area contributed by atoms with Crippen molar-refractivity contribution in [3.8, 4) is 5.75 Å². The van der Waals surface area contributed by atoms with Crippen molar-refractivity contribution in [3.63, 3.8) is 0 Å². The number of rotatable bonds is 7. The van der Waals surface area contributed by atoms with E-state index in [1.807, 2.05) is 0 Å². The van der Waals surface area contributed by atoms with Gasteiger partial charge in [-0.15, -0.1) is 0 Å². The first-order valence-corrected chi connectivity index (χ1v) is 9.48. The van der Waals surface area contributed by atoms with Gasteiger partial charge in [-0.2, -0.15) is 0 Å². The normalized spacial score (nSPS) is 24.7. The second kappa shape index (κ2) is 10.8. The van der Waals surface area contributed by atoms with Crippen molar-refractivity contribution >= 4 is 29.6 Å². The summed E-state index contributed by atoms with van der Waals surface area (Å²) in [5.74, 6) is -3.28. The summed E-state index contributed by atoms with van der Waals surface area (Å²) in [5.41, 5.74) is 6.57. The molecule has 0 amide bonds. The third-order valence-electron chi connectivity index (χ3n) is 4.33. The number of anilines is 1. The SMILES string of the molecule is COC(=O)[C@H]1O[C@@H](Oc2ccc(CO)cc2N)[C@@H](OC(C)=O)[C@@H](OC(C)=O)[C@@H]1OC(C)=O. The molecule has 1 heterocycles. The maximum atomic E-state index is 12.4. The lowest BCUT2D eigenvalue weighted by Crippen LogP contribution is -2.64. The standard InChI is InChI=1S/C20H25NO11/c1-9(23)28-15-16(29-10(2)24)18(30-11(3)25)20(32-17(15)19(26)27-4)31-14-6-5-12(8-22)7-13(14)21/h5-7,15-18,20,22H,8,21H2,1-4H3/t15-,16-,17-,18-,20+/m0/s1. The van der Waals surface area contributed by atoms with Crippen LogP contribution in [0, 0.1) is 0 Å². The van der Waals surface area contributed by atoms with Crippen molar-refractivity contribution in [3.05, 3.63) is 23.8 Å². The summed E-state index contributed by atoms with van der Waals surface area (Å²) in [7, 11) is 1.08. The number of carbonyl (C=O) groups excluding carboxylic acids is 4. The Morgan fingerprint density at radius 1 is 0.969 bits per heavy atom. The van der Waals surface area contributed by atoms with Crippen LogP contribution >= 0.6 is 0 Å². The van der Waals surface area contributed by atoms with Crippen molar-refractivity contribution in [2.45, 2.75) is 58.1 Å². The molecule has 0 saturated carbocycles. The second-order valence-electron chi connectivity index (χ2n) is 6.82. The highest BCUT2D eigenvalue weighted by atomic mass is 16.7. The minimum atomic E-state index is -1.58. The molecule has 0 spiro atoms. The zero-order valence-electron chi connectivity index (χ0n) is 17.9. The molecule has 5 atom stereocenters. The van der Waals surface area contributed by atoms with E-state index in [1.165, 1.54) is 18.2 Å². The van der Waals surface area contributed by atoms with E-state index in [2.05, 4.69) is 0 Å².